The summed E-state index contributed by atoms with van der Waals surface area (Å²) in [4.78, 5) is 0. The highest BCUT2D eigenvalue weighted by Gasteiger charge is 2.02. The summed E-state index contributed by atoms with van der Waals surface area (Å²) in [5.74, 6) is 0.739. The predicted octanol–water partition coefficient (Wildman–Crippen LogP) is 3.35. The van der Waals surface area contributed by atoms with Crippen LogP contribution < -0.4 is 15.5 Å². The molecule has 0 aliphatic heterocycles. The molecule has 2 aromatic carbocycles. The Morgan fingerprint density at radius 3 is 2.86 bits per heavy atom. The summed E-state index contributed by atoms with van der Waals surface area (Å²) in [5.41, 5.74) is 4.57. The largest absolute Gasteiger partial charge is 0.488 e. The van der Waals surface area contributed by atoms with Gasteiger partial charge in [0.05, 0.1) is 6.21 Å². The average molecular weight is 334 g/mol. The topological polar surface area (TPSA) is 45.7 Å². The zero-order valence-corrected chi connectivity index (χ0v) is 13.6. The second-order valence-electron chi connectivity index (χ2n) is 4.41. The number of hydrogen-bond acceptors (Lipinski definition) is 3. The van der Waals surface area contributed by atoms with E-state index >= 15 is 0 Å². The minimum Gasteiger partial charge on any atom is -0.488 e. The van der Waals surface area contributed by atoms with Gasteiger partial charge in [-0.1, -0.05) is 35.9 Å². The summed E-state index contributed by atoms with van der Waals surface area (Å²) in [7, 11) is 1.73. The number of thiocarbonyl (C=S) groups is 1. The van der Waals surface area contributed by atoms with Gasteiger partial charge in [-0.05, 0) is 42.0 Å². The lowest BCUT2D eigenvalue weighted by Crippen LogP contribution is -2.28. The van der Waals surface area contributed by atoms with Crippen LogP contribution in [0.25, 0.3) is 0 Å². The third kappa shape index (κ3) is 5.02. The number of nitrogens with zero attached hydrogens (tertiary/aromatic N) is 1. The van der Waals surface area contributed by atoms with E-state index in [-0.39, 0.29) is 0 Å². The minimum atomic E-state index is 0.438. The fourth-order valence-electron chi connectivity index (χ4n) is 1.72. The third-order valence-electron chi connectivity index (χ3n) is 2.80. The molecule has 0 spiro atoms. The van der Waals surface area contributed by atoms with Crippen LogP contribution >= 0.6 is 23.8 Å². The Hall–Kier alpha value is -2.11. The summed E-state index contributed by atoms with van der Waals surface area (Å²) in [5, 5.41) is 7.99. The lowest BCUT2D eigenvalue weighted by Gasteiger charge is -2.09. The molecule has 2 rings (SSSR count). The average Bonchev–Trinajstić information content (AvgIpc) is 2.54. The maximum atomic E-state index is 5.97. The molecule has 2 N–H and O–H groups in total. The van der Waals surface area contributed by atoms with Crippen molar-refractivity contribution in [2.75, 3.05) is 7.05 Å². The highest BCUT2D eigenvalue weighted by molar-refractivity contribution is 7.80. The lowest BCUT2D eigenvalue weighted by molar-refractivity contribution is 0.306. The van der Waals surface area contributed by atoms with Crippen molar-refractivity contribution in [2.24, 2.45) is 5.10 Å². The van der Waals surface area contributed by atoms with Gasteiger partial charge in [0.25, 0.3) is 0 Å². The smallest absolute Gasteiger partial charge is 0.186 e. The highest BCUT2D eigenvalue weighted by Crippen LogP contribution is 2.18. The number of ether oxygens (including phenoxy) is 1. The summed E-state index contributed by atoms with van der Waals surface area (Å²) in [6.07, 6.45) is 1.66. The first kappa shape index (κ1) is 16.3. The molecule has 0 fully saturated rings. The van der Waals surface area contributed by atoms with E-state index in [1.54, 1.807) is 13.3 Å². The van der Waals surface area contributed by atoms with Gasteiger partial charge in [0.2, 0.25) is 0 Å². The number of hydrazone groups is 1. The maximum Gasteiger partial charge on any atom is 0.186 e. The van der Waals surface area contributed by atoms with Gasteiger partial charge in [-0.15, -0.1) is 0 Å². The molecule has 4 nitrogen and oxygen atoms in total. The van der Waals surface area contributed by atoms with E-state index in [1.165, 1.54) is 0 Å². The second kappa shape index (κ2) is 8.36. The molecule has 0 aliphatic rings. The number of halogens is 1. The molecular weight excluding hydrogens is 318 g/mol. The summed E-state index contributed by atoms with van der Waals surface area (Å²) < 4.78 is 5.84. The molecule has 22 heavy (non-hydrogen) atoms. The SMILES string of the molecule is CNC(=S)N/N=C\c1ccccc1OCc1cccc(Cl)c1. The van der Waals surface area contributed by atoms with Crippen LogP contribution in [-0.2, 0) is 6.61 Å². The van der Waals surface area contributed by atoms with Gasteiger partial charge < -0.3 is 10.1 Å². The Kier molecular flexibility index (Phi) is 6.18. The van der Waals surface area contributed by atoms with E-state index in [2.05, 4.69) is 15.8 Å². The van der Waals surface area contributed by atoms with Crippen molar-refractivity contribution in [3.63, 3.8) is 0 Å². The van der Waals surface area contributed by atoms with Crippen molar-refractivity contribution in [2.45, 2.75) is 6.61 Å². The van der Waals surface area contributed by atoms with E-state index in [4.69, 9.17) is 28.6 Å². The Morgan fingerprint density at radius 2 is 2.09 bits per heavy atom. The molecule has 0 radical (unpaired) electrons. The molecule has 0 bridgehead atoms. The summed E-state index contributed by atoms with van der Waals surface area (Å²) in [6, 6.07) is 15.2. The maximum absolute atomic E-state index is 5.97. The van der Waals surface area contributed by atoms with Crippen LogP contribution in [0.3, 0.4) is 0 Å². The fraction of sp³-hybridized carbons (Fsp3) is 0.125. The van der Waals surface area contributed by atoms with E-state index in [9.17, 15) is 0 Å². The van der Waals surface area contributed by atoms with E-state index in [0.29, 0.717) is 16.7 Å². The standard InChI is InChI=1S/C16H16ClN3OS/c1-18-16(22)20-19-10-13-6-2-3-8-15(13)21-11-12-5-4-7-14(17)9-12/h2-10H,11H2,1H3,(H2,18,20,22)/b19-10-. The van der Waals surface area contributed by atoms with Gasteiger partial charge in [0.1, 0.15) is 12.4 Å². The van der Waals surface area contributed by atoms with Crippen LogP contribution in [0.4, 0.5) is 0 Å². The van der Waals surface area contributed by atoms with Gasteiger partial charge in [0, 0.05) is 17.6 Å². The van der Waals surface area contributed by atoms with E-state index in [0.717, 1.165) is 16.9 Å². The summed E-state index contributed by atoms with van der Waals surface area (Å²) >= 11 is 10.9. The first-order valence-electron chi connectivity index (χ1n) is 6.66. The predicted molar refractivity (Wildman–Crippen MR) is 94.6 cm³/mol. The van der Waals surface area contributed by atoms with Gasteiger partial charge in [-0.2, -0.15) is 5.10 Å². The number of rotatable bonds is 5. The van der Waals surface area contributed by atoms with Crippen molar-refractivity contribution >= 4 is 35.1 Å². The monoisotopic (exact) mass is 333 g/mol. The normalized spacial score (nSPS) is 10.5. The first-order chi connectivity index (χ1) is 10.7. The van der Waals surface area contributed by atoms with Crippen molar-refractivity contribution in [1.82, 2.24) is 10.7 Å². The van der Waals surface area contributed by atoms with Crippen LogP contribution in [0, 0.1) is 0 Å². The Balaban J connectivity index is 2.03. The first-order valence-corrected chi connectivity index (χ1v) is 7.44. The van der Waals surface area contributed by atoms with E-state index < -0.39 is 0 Å². The van der Waals surface area contributed by atoms with Crippen molar-refractivity contribution < 1.29 is 4.74 Å². The minimum absolute atomic E-state index is 0.438. The van der Waals surface area contributed by atoms with Crippen LogP contribution in [0.15, 0.2) is 53.6 Å². The quantitative estimate of drug-likeness (QED) is 0.500. The molecule has 0 aromatic heterocycles. The van der Waals surface area contributed by atoms with Gasteiger partial charge in [0.15, 0.2) is 5.11 Å². The van der Waals surface area contributed by atoms with Crippen LogP contribution in [-0.4, -0.2) is 18.4 Å². The van der Waals surface area contributed by atoms with Crippen molar-refractivity contribution in [3.8, 4) is 5.75 Å². The Bertz CT molecular complexity index is 676. The van der Waals surface area contributed by atoms with Crippen LogP contribution in [0.2, 0.25) is 5.02 Å². The van der Waals surface area contributed by atoms with Crippen LogP contribution in [0.1, 0.15) is 11.1 Å². The molecule has 2 aromatic rings. The van der Waals surface area contributed by atoms with Gasteiger partial charge in [-0.3, -0.25) is 5.43 Å². The molecule has 0 amide bonds. The number of para-hydroxylation sites is 1. The van der Waals surface area contributed by atoms with E-state index in [1.807, 2.05) is 48.5 Å². The van der Waals surface area contributed by atoms with Crippen molar-refractivity contribution in [3.05, 3.63) is 64.7 Å². The molecule has 0 heterocycles. The Labute approximate surface area is 140 Å². The lowest BCUT2D eigenvalue weighted by atomic mass is 10.2. The number of hydrogen-bond donors (Lipinski definition) is 2. The molecule has 0 atom stereocenters. The number of benzene rings is 2. The van der Waals surface area contributed by atoms with Crippen molar-refractivity contribution in [1.29, 1.82) is 0 Å². The van der Waals surface area contributed by atoms with Crippen LogP contribution in [0.5, 0.6) is 5.75 Å². The highest BCUT2D eigenvalue weighted by atomic mass is 35.5. The summed E-state index contributed by atoms with van der Waals surface area (Å²) in [6.45, 7) is 0.438. The molecular formula is C16H16ClN3OS. The molecule has 0 saturated carbocycles. The number of nitrogens with one attached hydrogen (secondary N) is 2. The molecule has 0 aliphatic carbocycles. The fourth-order valence-corrected chi connectivity index (χ4v) is 1.99. The van der Waals surface area contributed by atoms with Gasteiger partial charge >= 0.3 is 0 Å². The molecule has 0 unspecified atom stereocenters. The third-order valence-corrected chi connectivity index (χ3v) is 3.33. The second-order valence-corrected chi connectivity index (χ2v) is 5.25. The van der Waals surface area contributed by atoms with Gasteiger partial charge in [-0.25, -0.2) is 0 Å². The molecule has 6 heteroatoms. The Morgan fingerprint density at radius 1 is 1.27 bits per heavy atom. The molecule has 0 saturated heterocycles. The zero-order valence-electron chi connectivity index (χ0n) is 12.0. The zero-order chi connectivity index (χ0) is 15.8. The molecule has 114 valence electrons.